The number of rotatable bonds is 6. The third kappa shape index (κ3) is 5.66. The van der Waals surface area contributed by atoms with Crippen LogP contribution in [0.1, 0.15) is 47.0 Å². The van der Waals surface area contributed by atoms with Gasteiger partial charge in [0.15, 0.2) is 0 Å². The second kappa shape index (κ2) is 7.82. The lowest BCUT2D eigenvalue weighted by molar-refractivity contribution is -0.131. The molecule has 0 fully saturated rings. The van der Waals surface area contributed by atoms with Gasteiger partial charge in [-0.25, -0.2) is 0 Å². The van der Waals surface area contributed by atoms with Gasteiger partial charge in [0.2, 0.25) is 5.91 Å². The molecule has 3 heteroatoms. The van der Waals surface area contributed by atoms with Crippen LogP contribution in [0.4, 0.5) is 0 Å². The predicted molar refractivity (Wildman–Crippen MR) is 85.6 cm³/mol. The van der Waals surface area contributed by atoms with E-state index in [9.17, 15) is 4.79 Å². The Morgan fingerprint density at radius 1 is 1.45 bits per heavy atom. The van der Waals surface area contributed by atoms with E-state index in [1.807, 2.05) is 14.1 Å². The molecule has 1 aliphatic carbocycles. The lowest BCUT2D eigenvalue weighted by Crippen LogP contribution is -2.46. The first-order chi connectivity index (χ1) is 9.29. The van der Waals surface area contributed by atoms with E-state index in [4.69, 9.17) is 0 Å². The maximum absolute atomic E-state index is 12.2. The van der Waals surface area contributed by atoms with Gasteiger partial charge in [0.25, 0.3) is 0 Å². The standard InChI is InChI=1S/C17H32N2O/c1-12(2)7-16(17(20)19(5)6)18-11-15-9-13(3)8-14(4)10-15/h8,12-13,15-16,18H,7,9-11H2,1-6H3. The van der Waals surface area contributed by atoms with Gasteiger partial charge in [0.05, 0.1) is 6.04 Å². The number of hydrogen-bond acceptors (Lipinski definition) is 2. The molecule has 116 valence electrons. The van der Waals surface area contributed by atoms with Crippen LogP contribution in [-0.2, 0) is 4.79 Å². The lowest BCUT2D eigenvalue weighted by atomic mass is 9.83. The van der Waals surface area contributed by atoms with E-state index in [-0.39, 0.29) is 11.9 Å². The fourth-order valence-electron chi connectivity index (χ4n) is 3.21. The van der Waals surface area contributed by atoms with Crippen molar-refractivity contribution >= 4 is 5.91 Å². The van der Waals surface area contributed by atoms with Crippen LogP contribution in [0.25, 0.3) is 0 Å². The predicted octanol–water partition coefficient (Wildman–Crippen LogP) is 3.07. The lowest BCUT2D eigenvalue weighted by Gasteiger charge is -2.29. The number of hydrogen-bond donors (Lipinski definition) is 1. The summed E-state index contributed by atoms with van der Waals surface area (Å²) in [5, 5.41) is 3.52. The fraction of sp³-hybridized carbons (Fsp3) is 0.824. The Labute approximate surface area is 124 Å². The van der Waals surface area contributed by atoms with Gasteiger partial charge in [-0.3, -0.25) is 4.79 Å². The summed E-state index contributed by atoms with van der Waals surface area (Å²) >= 11 is 0. The van der Waals surface area contributed by atoms with Crippen LogP contribution in [0.5, 0.6) is 0 Å². The first-order valence-corrected chi connectivity index (χ1v) is 7.91. The molecule has 0 radical (unpaired) electrons. The molecule has 0 aromatic carbocycles. The molecule has 0 aromatic rings. The van der Waals surface area contributed by atoms with E-state index < -0.39 is 0 Å². The third-order valence-electron chi connectivity index (χ3n) is 3.98. The van der Waals surface area contributed by atoms with Crippen molar-refractivity contribution in [2.45, 2.75) is 53.0 Å². The first-order valence-electron chi connectivity index (χ1n) is 7.91. The summed E-state index contributed by atoms with van der Waals surface area (Å²) < 4.78 is 0. The highest BCUT2D eigenvalue weighted by molar-refractivity contribution is 5.81. The minimum Gasteiger partial charge on any atom is -0.347 e. The van der Waals surface area contributed by atoms with Gasteiger partial charge < -0.3 is 10.2 Å². The SMILES string of the molecule is CC1=CC(C)CC(CNC(CC(C)C)C(=O)N(C)C)C1. The van der Waals surface area contributed by atoms with Crippen LogP contribution in [0, 0.1) is 17.8 Å². The Hall–Kier alpha value is -0.830. The number of nitrogens with zero attached hydrogens (tertiary/aromatic N) is 1. The number of carbonyl (C=O) groups excluding carboxylic acids is 1. The first kappa shape index (κ1) is 17.2. The molecular formula is C17H32N2O. The summed E-state index contributed by atoms with van der Waals surface area (Å²) in [6.45, 7) is 9.80. The van der Waals surface area contributed by atoms with Crippen LogP contribution in [0.3, 0.4) is 0 Å². The second-order valence-corrected chi connectivity index (χ2v) is 7.12. The second-order valence-electron chi connectivity index (χ2n) is 7.12. The zero-order valence-corrected chi connectivity index (χ0v) is 14.1. The van der Waals surface area contributed by atoms with Crippen LogP contribution in [0.2, 0.25) is 0 Å². The van der Waals surface area contributed by atoms with Gasteiger partial charge in [0, 0.05) is 14.1 Å². The van der Waals surface area contributed by atoms with Gasteiger partial charge >= 0.3 is 0 Å². The monoisotopic (exact) mass is 280 g/mol. The Morgan fingerprint density at radius 2 is 2.10 bits per heavy atom. The van der Waals surface area contributed by atoms with Crippen molar-refractivity contribution in [1.29, 1.82) is 0 Å². The molecule has 3 nitrogen and oxygen atoms in total. The van der Waals surface area contributed by atoms with Crippen LogP contribution >= 0.6 is 0 Å². The number of nitrogens with one attached hydrogen (secondary N) is 1. The minimum absolute atomic E-state index is 0.0356. The zero-order chi connectivity index (χ0) is 15.3. The van der Waals surface area contributed by atoms with Crippen LogP contribution in [-0.4, -0.2) is 37.5 Å². The van der Waals surface area contributed by atoms with E-state index in [2.05, 4.69) is 39.1 Å². The number of carbonyl (C=O) groups is 1. The molecule has 20 heavy (non-hydrogen) atoms. The van der Waals surface area contributed by atoms with Gasteiger partial charge in [-0.2, -0.15) is 0 Å². The summed E-state index contributed by atoms with van der Waals surface area (Å²) in [7, 11) is 3.68. The summed E-state index contributed by atoms with van der Waals surface area (Å²) in [5.74, 6) is 2.07. The normalized spacial score (nSPS) is 24.4. The van der Waals surface area contributed by atoms with Crippen molar-refractivity contribution < 1.29 is 4.79 Å². The average Bonchev–Trinajstić information content (AvgIpc) is 2.31. The summed E-state index contributed by atoms with van der Waals surface area (Å²) in [6, 6.07) is -0.0356. The van der Waals surface area contributed by atoms with Gasteiger partial charge in [-0.1, -0.05) is 32.4 Å². The van der Waals surface area contributed by atoms with E-state index in [0.717, 1.165) is 13.0 Å². The number of allylic oxidation sites excluding steroid dienone is 2. The molecular weight excluding hydrogens is 248 g/mol. The highest BCUT2D eigenvalue weighted by atomic mass is 16.2. The largest absolute Gasteiger partial charge is 0.347 e. The maximum Gasteiger partial charge on any atom is 0.239 e. The Kier molecular flexibility index (Phi) is 6.74. The molecule has 1 rings (SSSR count). The minimum atomic E-state index is -0.0356. The maximum atomic E-state index is 12.2. The quantitative estimate of drug-likeness (QED) is 0.758. The summed E-state index contributed by atoms with van der Waals surface area (Å²) in [5.41, 5.74) is 1.50. The highest BCUT2D eigenvalue weighted by Crippen LogP contribution is 2.27. The average molecular weight is 280 g/mol. The molecule has 0 bridgehead atoms. The Bertz CT molecular complexity index is 347. The fourth-order valence-corrected chi connectivity index (χ4v) is 3.21. The molecule has 3 atom stereocenters. The Balaban J connectivity index is 2.54. The van der Waals surface area contributed by atoms with Gasteiger partial charge in [-0.15, -0.1) is 0 Å². The summed E-state index contributed by atoms with van der Waals surface area (Å²) in [6.07, 6.45) is 5.69. The molecule has 1 amide bonds. The highest BCUT2D eigenvalue weighted by Gasteiger charge is 2.24. The number of amides is 1. The molecule has 0 aromatic heterocycles. The Morgan fingerprint density at radius 3 is 2.60 bits per heavy atom. The van der Waals surface area contributed by atoms with E-state index in [1.165, 1.54) is 18.4 Å². The van der Waals surface area contributed by atoms with Crippen LogP contribution < -0.4 is 5.32 Å². The summed E-state index contributed by atoms with van der Waals surface area (Å²) in [4.78, 5) is 13.9. The molecule has 3 unspecified atom stereocenters. The molecule has 0 aliphatic heterocycles. The molecule has 0 saturated carbocycles. The molecule has 1 N–H and O–H groups in total. The van der Waals surface area contributed by atoms with Crippen molar-refractivity contribution in [2.24, 2.45) is 17.8 Å². The smallest absolute Gasteiger partial charge is 0.239 e. The van der Waals surface area contributed by atoms with Crippen LogP contribution in [0.15, 0.2) is 11.6 Å². The molecule has 0 saturated heterocycles. The zero-order valence-electron chi connectivity index (χ0n) is 14.1. The van der Waals surface area contributed by atoms with Crippen molar-refractivity contribution in [3.63, 3.8) is 0 Å². The number of likely N-dealkylation sites (N-methyl/N-ethyl adjacent to an activating group) is 1. The van der Waals surface area contributed by atoms with Gasteiger partial charge in [0.1, 0.15) is 0 Å². The van der Waals surface area contributed by atoms with Gasteiger partial charge in [-0.05, 0) is 50.5 Å². The van der Waals surface area contributed by atoms with E-state index in [1.54, 1.807) is 4.90 Å². The molecule has 1 aliphatic rings. The molecule has 0 heterocycles. The van der Waals surface area contributed by atoms with E-state index >= 15 is 0 Å². The van der Waals surface area contributed by atoms with Crippen molar-refractivity contribution in [1.82, 2.24) is 10.2 Å². The van der Waals surface area contributed by atoms with Crippen molar-refractivity contribution in [3.05, 3.63) is 11.6 Å². The van der Waals surface area contributed by atoms with Crippen molar-refractivity contribution in [3.8, 4) is 0 Å². The van der Waals surface area contributed by atoms with Crippen molar-refractivity contribution in [2.75, 3.05) is 20.6 Å². The molecule has 0 spiro atoms. The third-order valence-corrected chi connectivity index (χ3v) is 3.98. The van der Waals surface area contributed by atoms with E-state index in [0.29, 0.717) is 17.8 Å². The topological polar surface area (TPSA) is 32.3 Å².